The zero-order valence-electron chi connectivity index (χ0n) is 13.8. The van der Waals surface area contributed by atoms with Crippen molar-refractivity contribution in [2.45, 2.75) is 86.6 Å². The van der Waals surface area contributed by atoms with Crippen LogP contribution in [0.5, 0.6) is 0 Å². The molecule has 0 aromatic rings. The summed E-state index contributed by atoms with van der Waals surface area (Å²) in [6, 6.07) is 0.792. The Bertz CT molecular complexity index is 156. The molecular formula is C16H37N. The molecule has 0 aromatic carbocycles. The lowest BCUT2D eigenvalue weighted by atomic mass is 9.71. The van der Waals surface area contributed by atoms with E-state index in [0.29, 0.717) is 5.41 Å². The van der Waals surface area contributed by atoms with Gasteiger partial charge in [0.25, 0.3) is 0 Å². The van der Waals surface area contributed by atoms with Crippen LogP contribution >= 0.6 is 0 Å². The quantitative estimate of drug-likeness (QED) is 0.646. The molecule has 0 saturated carbocycles. The van der Waals surface area contributed by atoms with Crippen LogP contribution in [0.2, 0.25) is 0 Å². The molecule has 0 aliphatic carbocycles. The summed E-state index contributed by atoms with van der Waals surface area (Å²) in [5.41, 5.74) is 0.681. The highest BCUT2D eigenvalue weighted by Gasteiger charge is 2.34. The molecule has 0 radical (unpaired) electrons. The van der Waals surface area contributed by atoms with Crippen LogP contribution in [-0.2, 0) is 0 Å². The topological polar surface area (TPSA) is 3.24 Å². The highest BCUT2D eigenvalue weighted by atomic mass is 15.1. The standard InChI is InChI=1S/C12H25N.2C2H6/c1-5-7-12(6-2)8-9-13(4)11(3)10-12;2*1-2/h11H,5-10H2,1-4H3;2*1-2H3. The van der Waals surface area contributed by atoms with E-state index in [0.717, 1.165) is 6.04 Å². The van der Waals surface area contributed by atoms with E-state index in [1.54, 1.807) is 0 Å². The molecule has 1 aliphatic rings. The molecule has 0 aromatic heterocycles. The lowest BCUT2D eigenvalue weighted by molar-refractivity contribution is 0.0645. The van der Waals surface area contributed by atoms with Crippen molar-refractivity contribution in [1.29, 1.82) is 0 Å². The molecule has 1 rings (SSSR count). The second kappa shape index (κ2) is 11.1. The molecule has 1 aliphatic heterocycles. The van der Waals surface area contributed by atoms with Gasteiger partial charge in [-0.15, -0.1) is 0 Å². The van der Waals surface area contributed by atoms with Gasteiger partial charge in [0, 0.05) is 6.04 Å². The van der Waals surface area contributed by atoms with Gasteiger partial charge in [0.1, 0.15) is 0 Å². The molecule has 1 fully saturated rings. The summed E-state index contributed by atoms with van der Waals surface area (Å²) in [6.07, 6.45) is 6.98. The Morgan fingerprint density at radius 3 is 2.00 bits per heavy atom. The van der Waals surface area contributed by atoms with Crippen molar-refractivity contribution in [3.63, 3.8) is 0 Å². The Morgan fingerprint density at radius 1 is 1.12 bits per heavy atom. The van der Waals surface area contributed by atoms with Crippen LogP contribution in [0.3, 0.4) is 0 Å². The number of hydrogen-bond acceptors (Lipinski definition) is 1. The highest BCUT2D eigenvalue weighted by molar-refractivity contribution is 4.87. The maximum absolute atomic E-state index is 2.50. The average Bonchev–Trinajstić information content (AvgIpc) is 2.39. The Hall–Kier alpha value is -0.0400. The van der Waals surface area contributed by atoms with Gasteiger partial charge in [-0.2, -0.15) is 0 Å². The van der Waals surface area contributed by atoms with Crippen molar-refractivity contribution in [1.82, 2.24) is 4.90 Å². The first-order valence-electron chi connectivity index (χ1n) is 7.84. The summed E-state index contributed by atoms with van der Waals surface area (Å²) in [6.45, 7) is 16.4. The molecule has 17 heavy (non-hydrogen) atoms. The van der Waals surface area contributed by atoms with Gasteiger partial charge in [0.15, 0.2) is 0 Å². The van der Waals surface area contributed by atoms with Crippen LogP contribution in [0.25, 0.3) is 0 Å². The Labute approximate surface area is 111 Å². The Balaban J connectivity index is 0. The van der Waals surface area contributed by atoms with Crippen molar-refractivity contribution >= 4 is 0 Å². The fourth-order valence-electron chi connectivity index (χ4n) is 2.77. The fraction of sp³-hybridized carbons (Fsp3) is 1.00. The summed E-state index contributed by atoms with van der Waals surface area (Å²) in [5, 5.41) is 0. The molecule has 1 heteroatoms. The van der Waals surface area contributed by atoms with E-state index in [9.17, 15) is 0 Å². The summed E-state index contributed by atoms with van der Waals surface area (Å²) in [4.78, 5) is 2.50. The molecule has 0 bridgehead atoms. The van der Waals surface area contributed by atoms with E-state index in [1.807, 2.05) is 27.7 Å². The number of hydrogen-bond donors (Lipinski definition) is 0. The largest absolute Gasteiger partial charge is 0.304 e. The van der Waals surface area contributed by atoms with Crippen molar-refractivity contribution in [2.24, 2.45) is 5.41 Å². The monoisotopic (exact) mass is 243 g/mol. The number of piperidine rings is 1. The Kier molecular flexibility index (Phi) is 12.6. The lowest BCUT2D eigenvalue weighted by Gasteiger charge is -2.44. The van der Waals surface area contributed by atoms with Crippen LogP contribution in [-0.4, -0.2) is 24.5 Å². The van der Waals surface area contributed by atoms with Gasteiger partial charge in [-0.05, 0) is 45.2 Å². The lowest BCUT2D eigenvalue weighted by Crippen LogP contribution is -2.43. The zero-order chi connectivity index (χ0) is 13.9. The normalized spacial score (nSPS) is 28.6. The summed E-state index contributed by atoms with van der Waals surface area (Å²) in [7, 11) is 2.26. The number of likely N-dealkylation sites (tertiary alicyclic amines) is 1. The third kappa shape index (κ3) is 6.45. The Morgan fingerprint density at radius 2 is 1.65 bits per heavy atom. The van der Waals surface area contributed by atoms with Gasteiger partial charge in [-0.3, -0.25) is 0 Å². The van der Waals surface area contributed by atoms with E-state index in [1.165, 1.54) is 38.6 Å². The summed E-state index contributed by atoms with van der Waals surface area (Å²) in [5.74, 6) is 0. The van der Waals surface area contributed by atoms with Crippen molar-refractivity contribution < 1.29 is 0 Å². The SMILES string of the molecule is CC.CC.CCCC1(CC)CCN(C)C(C)C1. The maximum Gasteiger partial charge on any atom is 0.00691 e. The van der Waals surface area contributed by atoms with Crippen LogP contribution < -0.4 is 0 Å². The van der Waals surface area contributed by atoms with Crippen molar-refractivity contribution in [3.8, 4) is 0 Å². The molecule has 1 heterocycles. The minimum Gasteiger partial charge on any atom is -0.304 e. The molecule has 0 spiro atoms. The number of nitrogens with zero attached hydrogens (tertiary/aromatic N) is 1. The first-order chi connectivity index (χ1) is 8.13. The van der Waals surface area contributed by atoms with Crippen LogP contribution in [0.15, 0.2) is 0 Å². The van der Waals surface area contributed by atoms with Gasteiger partial charge in [-0.25, -0.2) is 0 Å². The molecule has 1 nitrogen and oxygen atoms in total. The predicted molar refractivity (Wildman–Crippen MR) is 81.7 cm³/mol. The first kappa shape index (κ1) is 19.3. The summed E-state index contributed by atoms with van der Waals surface area (Å²) < 4.78 is 0. The predicted octanol–water partition coefficient (Wildman–Crippen LogP) is 5.35. The molecule has 2 unspecified atom stereocenters. The minimum absolute atomic E-state index is 0.681. The highest BCUT2D eigenvalue weighted by Crippen LogP contribution is 2.41. The molecule has 1 saturated heterocycles. The molecule has 106 valence electrons. The van der Waals surface area contributed by atoms with Gasteiger partial charge in [-0.1, -0.05) is 54.4 Å². The molecule has 2 atom stereocenters. The van der Waals surface area contributed by atoms with Crippen LogP contribution in [0.1, 0.15) is 80.6 Å². The first-order valence-corrected chi connectivity index (χ1v) is 7.84. The molecular weight excluding hydrogens is 206 g/mol. The third-order valence-electron chi connectivity index (χ3n) is 4.01. The van der Waals surface area contributed by atoms with E-state index in [2.05, 4.69) is 32.7 Å². The van der Waals surface area contributed by atoms with E-state index < -0.39 is 0 Å². The van der Waals surface area contributed by atoms with Crippen molar-refractivity contribution in [3.05, 3.63) is 0 Å². The zero-order valence-corrected chi connectivity index (χ0v) is 13.8. The molecule has 0 amide bonds. The van der Waals surface area contributed by atoms with Gasteiger partial charge >= 0.3 is 0 Å². The van der Waals surface area contributed by atoms with Crippen molar-refractivity contribution in [2.75, 3.05) is 13.6 Å². The second-order valence-electron chi connectivity index (χ2n) is 4.89. The maximum atomic E-state index is 2.50. The second-order valence-corrected chi connectivity index (χ2v) is 4.89. The van der Waals surface area contributed by atoms with E-state index in [-0.39, 0.29) is 0 Å². The fourth-order valence-corrected chi connectivity index (χ4v) is 2.77. The van der Waals surface area contributed by atoms with Crippen LogP contribution in [0.4, 0.5) is 0 Å². The van der Waals surface area contributed by atoms with E-state index >= 15 is 0 Å². The smallest absolute Gasteiger partial charge is 0.00691 e. The minimum atomic E-state index is 0.681. The van der Waals surface area contributed by atoms with E-state index in [4.69, 9.17) is 0 Å². The average molecular weight is 243 g/mol. The van der Waals surface area contributed by atoms with Gasteiger partial charge in [0.2, 0.25) is 0 Å². The van der Waals surface area contributed by atoms with Gasteiger partial charge < -0.3 is 4.90 Å². The van der Waals surface area contributed by atoms with Gasteiger partial charge in [0.05, 0.1) is 0 Å². The summed E-state index contributed by atoms with van der Waals surface area (Å²) >= 11 is 0. The third-order valence-corrected chi connectivity index (χ3v) is 4.01. The molecule has 0 N–H and O–H groups in total. The van der Waals surface area contributed by atoms with Crippen LogP contribution in [0, 0.1) is 5.41 Å². The number of rotatable bonds is 3.